The molecule has 1 fully saturated rings. The van der Waals surface area contributed by atoms with E-state index in [2.05, 4.69) is 10.6 Å². The Labute approximate surface area is 169 Å². The van der Waals surface area contributed by atoms with Gasteiger partial charge in [0, 0.05) is 24.4 Å². The van der Waals surface area contributed by atoms with Crippen LogP contribution >= 0.6 is 12.4 Å². The number of nitrogens with one attached hydrogen (secondary N) is 2. The molecule has 0 saturated carbocycles. The fourth-order valence-electron chi connectivity index (χ4n) is 3.18. The number of hydrogen-bond donors (Lipinski definition) is 2. The summed E-state index contributed by atoms with van der Waals surface area (Å²) >= 11 is 0. The zero-order valence-electron chi connectivity index (χ0n) is 15.7. The first-order valence-electron chi connectivity index (χ1n) is 8.72. The van der Waals surface area contributed by atoms with Crippen LogP contribution in [-0.2, 0) is 9.84 Å². The predicted octanol–water partition coefficient (Wildman–Crippen LogP) is 2.49. The highest BCUT2D eigenvalue weighted by molar-refractivity contribution is 7.90. The Morgan fingerprint density at radius 1 is 1.25 bits per heavy atom. The molecule has 0 bridgehead atoms. The van der Waals surface area contributed by atoms with Gasteiger partial charge in [-0.3, -0.25) is 4.79 Å². The average molecular weight is 427 g/mol. The lowest BCUT2D eigenvalue weighted by molar-refractivity contribution is 0.102. The van der Waals surface area contributed by atoms with Crippen molar-refractivity contribution < 1.29 is 17.6 Å². The first-order valence-corrected chi connectivity index (χ1v) is 10.6. The number of anilines is 1. The summed E-state index contributed by atoms with van der Waals surface area (Å²) in [6.45, 7) is 3.41. The molecule has 28 heavy (non-hydrogen) atoms. The Bertz CT molecular complexity index is 1010. The van der Waals surface area contributed by atoms with Crippen LogP contribution in [0.15, 0.2) is 44.4 Å². The molecule has 2 heterocycles. The summed E-state index contributed by atoms with van der Waals surface area (Å²) in [4.78, 5) is 25.1. The molecule has 0 radical (unpaired) electrons. The van der Waals surface area contributed by atoms with Gasteiger partial charge in [-0.15, -0.1) is 12.4 Å². The Hall–Kier alpha value is -2.16. The Morgan fingerprint density at radius 2 is 1.93 bits per heavy atom. The van der Waals surface area contributed by atoms with Crippen molar-refractivity contribution in [2.45, 2.75) is 30.6 Å². The van der Waals surface area contributed by atoms with E-state index in [1.54, 1.807) is 13.0 Å². The van der Waals surface area contributed by atoms with Crippen LogP contribution in [0.4, 0.5) is 5.69 Å². The van der Waals surface area contributed by atoms with E-state index in [-0.39, 0.29) is 28.8 Å². The Balaban J connectivity index is 0.00000280. The summed E-state index contributed by atoms with van der Waals surface area (Å²) in [6.07, 6.45) is 3.06. The third-order valence-corrected chi connectivity index (χ3v) is 5.76. The molecule has 152 valence electrons. The minimum Gasteiger partial charge on any atom is -0.427 e. The molecule has 1 aliphatic rings. The highest BCUT2D eigenvalue weighted by atomic mass is 35.5. The number of benzene rings is 1. The molecule has 9 heteroatoms. The van der Waals surface area contributed by atoms with Crippen LogP contribution in [-0.4, -0.2) is 33.7 Å². The second-order valence-corrected chi connectivity index (χ2v) is 8.80. The fraction of sp³-hybridized carbons (Fsp3) is 0.368. The van der Waals surface area contributed by atoms with Gasteiger partial charge >= 0.3 is 5.63 Å². The number of carbonyl (C=O) groups is 1. The summed E-state index contributed by atoms with van der Waals surface area (Å²) in [6, 6.07) is 7.51. The van der Waals surface area contributed by atoms with Gasteiger partial charge in [0.15, 0.2) is 9.84 Å². The smallest absolute Gasteiger partial charge is 0.349 e. The van der Waals surface area contributed by atoms with E-state index in [0.29, 0.717) is 17.0 Å². The fourth-order valence-corrected chi connectivity index (χ4v) is 3.81. The highest BCUT2D eigenvalue weighted by Gasteiger charge is 2.22. The molecule has 1 unspecified atom stereocenters. The molecule has 7 nitrogen and oxygen atoms in total. The lowest BCUT2D eigenvalue weighted by Crippen LogP contribution is -2.30. The van der Waals surface area contributed by atoms with Crippen molar-refractivity contribution in [2.24, 2.45) is 0 Å². The number of carbonyl (C=O) groups excluding carboxylic acids is 1. The van der Waals surface area contributed by atoms with E-state index in [1.807, 2.05) is 0 Å². The van der Waals surface area contributed by atoms with Crippen LogP contribution in [0.1, 0.15) is 40.4 Å². The monoisotopic (exact) mass is 426 g/mol. The molecular weight excluding hydrogens is 404 g/mol. The largest absolute Gasteiger partial charge is 0.427 e. The second-order valence-electron chi connectivity index (χ2n) is 6.79. The number of aryl methyl sites for hydroxylation is 1. The SMILES string of the molecule is Cc1cc(C2CCCNC2)oc(=O)c1C(=O)Nc1ccc(S(C)(=O)=O)cc1.Cl. The standard InChI is InChI=1S/C19H22N2O5S.ClH/c1-12-10-16(13-4-3-9-20-11-13)26-19(23)17(12)18(22)21-14-5-7-15(8-6-14)27(2,24)25;/h5-8,10,13,20H,3-4,9,11H2,1-2H3,(H,21,22);1H. The Morgan fingerprint density at radius 3 is 2.46 bits per heavy atom. The topological polar surface area (TPSA) is 105 Å². The van der Waals surface area contributed by atoms with Gasteiger partial charge in [0.1, 0.15) is 11.3 Å². The van der Waals surface area contributed by atoms with Crippen LogP contribution in [0, 0.1) is 6.92 Å². The third-order valence-electron chi connectivity index (χ3n) is 4.63. The lowest BCUT2D eigenvalue weighted by Gasteiger charge is -2.22. The highest BCUT2D eigenvalue weighted by Crippen LogP contribution is 2.24. The number of amides is 1. The molecule has 3 rings (SSSR count). The van der Waals surface area contributed by atoms with Crippen molar-refractivity contribution >= 4 is 33.8 Å². The van der Waals surface area contributed by atoms with Gasteiger partial charge < -0.3 is 15.1 Å². The average Bonchev–Trinajstić information content (AvgIpc) is 2.61. The van der Waals surface area contributed by atoms with Crippen LogP contribution in [0.2, 0.25) is 0 Å². The number of halogens is 1. The van der Waals surface area contributed by atoms with E-state index < -0.39 is 21.4 Å². The summed E-state index contributed by atoms with van der Waals surface area (Å²) in [5.41, 5.74) is 0.236. The van der Waals surface area contributed by atoms with Gasteiger partial charge in [0.25, 0.3) is 5.91 Å². The normalized spacial score (nSPS) is 16.9. The van der Waals surface area contributed by atoms with Crippen molar-refractivity contribution in [3.05, 3.63) is 57.6 Å². The molecule has 0 aliphatic carbocycles. The van der Waals surface area contributed by atoms with E-state index in [0.717, 1.165) is 32.2 Å². The third kappa shape index (κ3) is 5.01. The van der Waals surface area contributed by atoms with E-state index in [4.69, 9.17) is 4.42 Å². The van der Waals surface area contributed by atoms with Gasteiger partial charge in [-0.1, -0.05) is 0 Å². The number of piperidine rings is 1. The van der Waals surface area contributed by atoms with Crippen molar-refractivity contribution in [2.75, 3.05) is 24.7 Å². The van der Waals surface area contributed by atoms with Crippen molar-refractivity contribution in [3.63, 3.8) is 0 Å². The first kappa shape index (κ1) is 22.1. The minimum absolute atomic E-state index is 0. The number of rotatable bonds is 4. The van der Waals surface area contributed by atoms with Crippen molar-refractivity contribution in [1.29, 1.82) is 0 Å². The van der Waals surface area contributed by atoms with Gasteiger partial charge in [0.2, 0.25) is 0 Å². The first-order chi connectivity index (χ1) is 12.8. The molecule has 1 saturated heterocycles. The predicted molar refractivity (Wildman–Crippen MR) is 109 cm³/mol. The van der Waals surface area contributed by atoms with Gasteiger partial charge in [-0.2, -0.15) is 0 Å². The van der Waals surface area contributed by atoms with Crippen LogP contribution < -0.4 is 16.3 Å². The Kier molecular flexibility index (Phi) is 7.03. The molecule has 2 aromatic rings. The lowest BCUT2D eigenvalue weighted by atomic mass is 9.95. The molecule has 1 aromatic heterocycles. The van der Waals surface area contributed by atoms with Gasteiger partial charge in [-0.05, 0) is 62.2 Å². The molecule has 1 aromatic carbocycles. The summed E-state index contributed by atoms with van der Waals surface area (Å²) in [5.74, 6) is 0.145. The molecule has 0 spiro atoms. The van der Waals surface area contributed by atoms with Crippen LogP contribution in [0.25, 0.3) is 0 Å². The van der Waals surface area contributed by atoms with Crippen molar-refractivity contribution in [3.8, 4) is 0 Å². The zero-order chi connectivity index (χ0) is 19.6. The molecule has 1 atom stereocenters. The maximum atomic E-state index is 12.5. The van der Waals surface area contributed by atoms with E-state index in [1.165, 1.54) is 24.3 Å². The second kappa shape index (κ2) is 8.89. The van der Waals surface area contributed by atoms with Crippen LogP contribution in [0.3, 0.4) is 0 Å². The number of hydrogen-bond acceptors (Lipinski definition) is 6. The maximum Gasteiger partial charge on any atom is 0.349 e. The summed E-state index contributed by atoms with van der Waals surface area (Å²) in [5, 5.41) is 5.88. The van der Waals surface area contributed by atoms with Crippen LogP contribution in [0.5, 0.6) is 0 Å². The van der Waals surface area contributed by atoms with Gasteiger partial charge in [-0.25, -0.2) is 13.2 Å². The van der Waals surface area contributed by atoms with E-state index >= 15 is 0 Å². The molecule has 2 N–H and O–H groups in total. The summed E-state index contributed by atoms with van der Waals surface area (Å²) in [7, 11) is -3.31. The minimum atomic E-state index is -3.31. The molecule has 1 aliphatic heterocycles. The zero-order valence-corrected chi connectivity index (χ0v) is 17.3. The molecular formula is C19H23ClN2O5S. The maximum absolute atomic E-state index is 12.5. The quantitative estimate of drug-likeness (QED) is 0.778. The van der Waals surface area contributed by atoms with E-state index in [9.17, 15) is 18.0 Å². The molecule has 1 amide bonds. The summed E-state index contributed by atoms with van der Waals surface area (Å²) < 4.78 is 28.4. The van der Waals surface area contributed by atoms with Gasteiger partial charge in [0.05, 0.1) is 4.90 Å². The number of sulfone groups is 1. The van der Waals surface area contributed by atoms with Crippen molar-refractivity contribution in [1.82, 2.24) is 5.32 Å².